The Bertz CT molecular complexity index is 4240. The Morgan fingerprint density at radius 2 is 0.600 bits per heavy atom. The van der Waals surface area contributed by atoms with Crippen molar-refractivity contribution >= 4 is 29.0 Å². The van der Waals surface area contributed by atoms with Crippen LogP contribution in [-0.2, 0) is 167 Å². The van der Waals surface area contributed by atoms with E-state index in [1.165, 1.54) is 22.3 Å². The Kier molecular flexibility index (Phi) is 34.5. The predicted octanol–water partition coefficient (Wildman–Crippen LogP) is 12.9. The van der Waals surface area contributed by atoms with Crippen molar-refractivity contribution in [3.8, 4) is 0 Å². The fourth-order valence-corrected chi connectivity index (χ4v) is 12.8. The molecule has 0 saturated heterocycles. The SMILES string of the molecule is C1=CN2[CH-]N1Cc1cccc(n1)CN1C=CN([CH-]1)Cc1cccc(n1)C2.CN1C=CN(Cc2cccc(CN3C=CN(C)[CH-]3)n2)[CH-]1.CN1C=CN(c2[c-]cccc2)[CH-]1.CN1C=CN(c2cccc(N3C=CN(C)[CH-]3)n2)[CH-]1.CN1C=CN(c2cccc(N3C=CN(C)[CH-]3)n2)[CH-]1.[Ir+3].[Os+4].[Pt+2].[Pt+4].[Re].[c-]1c2cccc1CCc1[c-]c(ccc1)CC2. The van der Waals surface area contributed by atoms with Crippen LogP contribution in [0.2, 0.25) is 0 Å². The quantitative estimate of drug-likeness (QED) is 0.127. The van der Waals surface area contributed by atoms with Gasteiger partial charge < -0.3 is 88.2 Å². The topological polar surface area (TPSA) is 123 Å². The van der Waals surface area contributed by atoms with E-state index in [4.69, 9.17) is 15.0 Å². The van der Waals surface area contributed by atoms with E-state index in [0.29, 0.717) is 0 Å². The van der Waals surface area contributed by atoms with Crippen LogP contribution in [0.5, 0.6) is 0 Å². The van der Waals surface area contributed by atoms with E-state index in [9.17, 15) is 0 Å². The number of pyridine rings is 5. The normalized spacial score (nSPS) is 16.7. The van der Waals surface area contributed by atoms with E-state index >= 15 is 0 Å². The maximum absolute atomic E-state index is 4.82. The van der Waals surface area contributed by atoms with Crippen LogP contribution < -0.4 is 24.5 Å². The minimum Gasteiger partial charge on any atom is -0.511 e. The number of rotatable bonds is 9. The molecule has 0 spiro atoms. The number of fused-ring (bicyclic) bond motifs is 12. The third-order valence-corrected chi connectivity index (χ3v) is 18.3. The summed E-state index contributed by atoms with van der Waals surface area (Å²) in [5.41, 5.74) is 12.8. The molecule has 0 atom stereocenters. The molecule has 115 heavy (non-hydrogen) atoms. The summed E-state index contributed by atoms with van der Waals surface area (Å²) < 4.78 is 0. The second-order valence-electron chi connectivity index (χ2n) is 27.7. The molecule has 0 N–H and O–H groups in total. The number of aryl methyl sites for hydroxylation is 4. The molecule has 599 valence electrons. The molecule has 0 fully saturated rings. The van der Waals surface area contributed by atoms with E-state index in [1.807, 2.05) is 277 Å². The van der Waals surface area contributed by atoms with Crippen molar-refractivity contribution in [1.82, 2.24) is 88.6 Å². The van der Waals surface area contributed by atoms with Crippen molar-refractivity contribution in [2.24, 2.45) is 0 Å². The second-order valence-corrected chi connectivity index (χ2v) is 27.7. The summed E-state index contributed by atoms with van der Waals surface area (Å²) in [6.45, 7) is 22.9. The molecule has 0 amide bonds. The standard InChI is InChI=1S/C20H20N6.C16H14.C15H19N5.2C13H15N5.C10H10N2.Ir.Os.2Pt.Re/c1-3-17-11-23-7-9-25(15-23)13-19-5-2-6-20(22-19)14-26-10-8-24(16-26)12-18(4-1)21-17;1-3-13-7-9-15-5-2-6-16(12-15)10-8-14(4-1)11-13;1-17-6-8-19(12-17)10-14-4-3-5-15(16-14)11-20-9-7-18(2)13-20;2*1-15-6-8-17(10-15)12-4-3-5-13(14-12)18-9-7-16(2)11-18;1-11-7-8-12(9-11)10-5-3-2-4-6-10;;;;;/h1-10,15-16H,11-14H2;1-6H,7-10H2;3-9,12-13H,10-11H2,1-2H3;2*3-11H,1-2H3;2-5,7-9H,1H3;;;;;/q6*-2;+3;+4;+2;+4;. The first-order valence-corrected chi connectivity index (χ1v) is 36.7. The Morgan fingerprint density at radius 1 is 0.304 bits per heavy atom. The van der Waals surface area contributed by atoms with Crippen molar-refractivity contribution in [3.63, 3.8) is 0 Å². The number of nitrogens with zero attached hydrogens (tertiary/aromatic N) is 23. The maximum atomic E-state index is 4.82. The van der Waals surface area contributed by atoms with Crippen molar-refractivity contribution < 1.29 is 102 Å². The van der Waals surface area contributed by atoms with Gasteiger partial charge in [-0.15, -0.1) is 32.4 Å². The van der Waals surface area contributed by atoms with Gasteiger partial charge in [-0.2, -0.15) is 134 Å². The summed E-state index contributed by atoms with van der Waals surface area (Å²) in [5.74, 6) is 3.63. The number of anilines is 5. The molecule has 19 rings (SSSR count). The largest absolute Gasteiger partial charge is 4.00 e. The van der Waals surface area contributed by atoms with Gasteiger partial charge in [0, 0.05) is 59.7 Å². The molecule has 5 aromatic heterocycles. The summed E-state index contributed by atoms with van der Waals surface area (Å²) in [6, 6.07) is 61.8. The van der Waals surface area contributed by atoms with Crippen LogP contribution in [0.15, 0.2) is 263 Å². The van der Waals surface area contributed by atoms with Gasteiger partial charge >= 0.3 is 82.0 Å². The molecular weight excluding hydrogens is 2330 g/mol. The number of hydrogen-bond acceptors (Lipinski definition) is 23. The molecule has 12 bridgehead atoms. The zero-order chi connectivity index (χ0) is 75.6. The van der Waals surface area contributed by atoms with Crippen LogP contribution in [0.3, 0.4) is 0 Å². The molecule has 23 nitrogen and oxygen atoms in total. The summed E-state index contributed by atoms with van der Waals surface area (Å²) in [7, 11) is 14.0. The number of hydrogen-bond donors (Lipinski definition) is 0. The summed E-state index contributed by atoms with van der Waals surface area (Å²) >= 11 is 0. The van der Waals surface area contributed by atoms with Crippen LogP contribution in [0.25, 0.3) is 0 Å². The Morgan fingerprint density at radius 3 is 0.896 bits per heavy atom. The predicted molar refractivity (Wildman–Crippen MR) is 433 cm³/mol. The summed E-state index contributed by atoms with van der Waals surface area (Å²) in [5, 5.41) is 0. The van der Waals surface area contributed by atoms with Gasteiger partial charge in [0.05, 0.1) is 34.2 Å². The van der Waals surface area contributed by atoms with Crippen molar-refractivity contribution in [2.45, 2.75) is 65.0 Å². The Hall–Kier alpha value is -9.21. The van der Waals surface area contributed by atoms with Crippen LogP contribution in [0, 0.1) is 78.2 Å². The molecule has 1 radical (unpaired) electrons. The van der Waals surface area contributed by atoms with Crippen molar-refractivity contribution in [1.29, 1.82) is 0 Å². The number of para-hydroxylation sites is 1. The molecule has 11 aliphatic rings. The van der Waals surface area contributed by atoms with E-state index in [1.54, 1.807) is 0 Å². The average Bonchev–Trinajstić information content (AvgIpc) is 1.75. The van der Waals surface area contributed by atoms with Gasteiger partial charge in [-0.25, -0.2) is 9.97 Å². The fraction of sp³-hybridized carbons (Fsp3) is 0.195. The van der Waals surface area contributed by atoms with Gasteiger partial charge in [-0.3, -0.25) is 15.0 Å². The first-order chi connectivity index (χ1) is 53.7. The van der Waals surface area contributed by atoms with Crippen LogP contribution in [0.1, 0.15) is 56.4 Å². The van der Waals surface area contributed by atoms with Gasteiger partial charge in [0.2, 0.25) is 0 Å². The van der Waals surface area contributed by atoms with E-state index in [-0.39, 0.29) is 102 Å². The van der Waals surface area contributed by atoms with Gasteiger partial charge in [-0.1, -0.05) is 30.3 Å². The van der Waals surface area contributed by atoms with Crippen LogP contribution in [0.4, 0.5) is 29.0 Å². The molecule has 1 aliphatic carbocycles. The maximum Gasteiger partial charge on any atom is 4.00 e. The number of aromatic nitrogens is 5. The molecule has 0 saturated carbocycles. The zero-order valence-electron chi connectivity index (χ0n) is 65.1. The molecule has 0 unspecified atom stereocenters. The first-order valence-electron chi connectivity index (χ1n) is 36.7. The molecular formula is C87H93IrN23OsPt2Re+. The Labute approximate surface area is 750 Å². The minimum atomic E-state index is 0. The molecule has 15 heterocycles. The third kappa shape index (κ3) is 26.7. The van der Waals surface area contributed by atoms with Gasteiger partial charge in [-0.05, 0) is 247 Å². The monoisotopic (exact) mass is 2420 g/mol. The summed E-state index contributed by atoms with van der Waals surface area (Å²) in [6.07, 6.45) is 40.8. The zero-order valence-corrected chi connectivity index (χ0v) is 77.3. The van der Waals surface area contributed by atoms with E-state index in [2.05, 4.69) is 212 Å². The van der Waals surface area contributed by atoms with Crippen LogP contribution in [-0.4, -0.2) is 138 Å². The average molecular weight is 2420 g/mol. The second kappa shape index (κ2) is 44.2. The van der Waals surface area contributed by atoms with E-state index in [0.717, 1.165) is 128 Å². The van der Waals surface area contributed by atoms with Gasteiger partial charge in [0.1, 0.15) is 23.3 Å². The first kappa shape index (κ1) is 89.7. The van der Waals surface area contributed by atoms with Crippen molar-refractivity contribution in [2.75, 3.05) is 73.8 Å². The number of benzene rings is 3. The van der Waals surface area contributed by atoms with E-state index < -0.39 is 0 Å². The molecule has 28 heteroatoms. The molecule has 8 aromatic rings. The summed E-state index contributed by atoms with van der Waals surface area (Å²) in [4.78, 5) is 60.5. The van der Waals surface area contributed by atoms with Crippen LogP contribution >= 0.6 is 0 Å². The Balaban J connectivity index is 0.000000159. The molecule has 10 aliphatic heterocycles. The molecule has 3 aromatic carbocycles. The minimum absolute atomic E-state index is 0. The smallest absolute Gasteiger partial charge is 0.511 e. The third-order valence-electron chi connectivity index (χ3n) is 18.3. The van der Waals surface area contributed by atoms with Crippen molar-refractivity contribution in [3.05, 3.63) is 398 Å². The fourth-order valence-electron chi connectivity index (χ4n) is 12.8. The van der Waals surface area contributed by atoms with Gasteiger partial charge in [0.25, 0.3) is 0 Å². The van der Waals surface area contributed by atoms with Gasteiger partial charge in [0.15, 0.2) is 0 Å².